The summed E-state index contributed by atoms with van der Waals surface area (Å²) < 4.78 is 7.22. The Morgan fingerprint density at radius 3 is 2.69 bits per heavy atom. The third kappa shape index (κ3) is 2.41. The van der Waals surface area contributed by atoms with Crippen LogP contribution in [-0.4, -0.2) is 33.6 Å². The van der Waals surface area contributed by atoms with Crippen LogP contribution in [0.1, 0.15) is 37.5 Å². The maximum Gasteiger partial charge on any atom is 0.159 e. The van der Waals surface area contributed by atoms with Crippen LogP contribution in [0.5, 0.6) is 0 Å². The van der Waals surface area contributed by atoms with Crippen molar-refractivity contribution in [2.75, 3.05) is 13.7 Å². The fourth-order valence-corrected chi connectivity index (χ4v) is 2.02. The summed E-state index contributed by atoms with van der Waals surface area (Å²) in [5.41, 5.74) is 0. The minimum Gasteiger partial charge on any atom is -0.388 e. The van der Waals surface area contributed by atoms with Gasteiger partial charge in [0.2, 0.25) is 0 Å². The predicted molar refractivity (Wildman–Crippen MR) is 59.0 cm³/mol. The Morgan fingerprint density at radius 1 is 1.44 bits per heavy atom. The topological polar surface area (TPSA) is 60.2 Å². The van der Waals surface area contributed by atoms with Crippen molar-refractivity contribution in [3.8, 4) is 0 Å². The van der Waals surface area contributed by atoms with Crippen LogP contribution in [0.25, 0.3) is 0 Å². The summed E-state index contributed by atoms with van der Waals surface area (Å²) in [6.07, 6.45) is 3.21. The van der Waals surface area contributed by atoms with Crippen LogP contribution in [0.2, 0.25) is 0 Å². The Hall–Kier alpha value is -0.940. The summed E-state index contributed by atoms with van der Waals surface area (Å²) in [6, 6.07) is 0.516. The van der Waals surface area contributed by atoms with E-state index in [9.17, 15) is 5.11 Å². The van der Waals surface area contributed by atoms with Crippen LogP contribution < -0.4 is 0 Å². The minimum absolute atomic E-state index is 0.0256. The van der Waals surface area contributed by atoms with E-state index in [1.165, 1.54) is 12.8 Å². The van der Waals surface area contributed by atoms with Crippen LogP contribution in [0.4, 0.5) is 0 Å². The van der Waals surface area contributed by atoms with Gasteiger partial charge in [0.25, 0.3) is 0 Å². The lowest BCUT2D eigenvalue weighted by Crippen LogP contribution is -2.13. The summed E-state index contributed by atoms with van der Waals surface area (Å²) in [5, 5.41) is 17.4. The van der Waals surface area contributed by atoms with Gasteiger partial charge in [-0.1, -0.05) is 6.92 Å². The van der Waals surface area contributed by atoms with E-state index in [1.54, 1.807) is 7.11 Å². The highest BCUT2D eigenvalue weighted by molar-refractivity contribution is 5.02. The average molecular weight is 225 g/mol. The zero-order valence-electron chi connectivity index (χ0n) is 9.89. The predicted octanol–water partition coefficient (Wildman–Crippen LogP) is 0.930. The molecule has 1 unspecified atom stereocenters. The summed E-state index contributed by atoms with van der Waals surface area (Å²) in [7, 11) is 1.71. The molecule has 0 radical (unpaired) electrons. The van der Waals surface area contributed by atoms with Gasteiger partial charge in [-0.2, -0.15) is 0 Å². The summed E-state index contributed by atoms with van der Waals surface area (Å²) >= 11 is 0. The van der Waals surface area contributed by atoms with Gasteiger partial charge in [0.15, 0.2) is 5.82 Å². The Kier molecular flexibility index (Phi) is 3.56. The summed E-state index contributed by atoms with van der Waals surface area (Å²) in [5.74, 6) is 2.11. The number of aliphatic hydroxyl groups is 1. The second kappa shape index (κ2) is 4.93. The summed E-state index contributed by atoms with van der Waals surface area (Å²) in [4.78, 5) is 0. The van der Waals surface area contributed by atoms with Gasteiger partial charge in [-0.05, 0) is 18.8 Å². The molecule has 1 aliphatic rings. The van der Waals surface area contributed by atoms with E-state index in [0.717, 1.165) is 18.9 Å². The lowest BCUT2D eigenvalue weighted by atomic mass is 10.1. The van der Waals surface area contributed by atoms with E-state index in [2.05, 4.69) is 21.7 Å². The van der Waals surface area contributed by atoms with Crippen molar-refractivity contribution in [2.45, 2.75) is 38.8 Å². The van der Waals surface area contributed by atoms with E-state index >= 15 is 0 Å². The molecule has 1 aliphatic carbocycles. The van der Waals surface area contributed by atoms with Crippen molar-refractivity contribution in [1.29, 1.82) is 0 Å². The van der Waals surface area contributed by atoms with E-state index in [-0.39, 0.29) is 6.61 Å². The molecule has 0 aromatic carbocycles. The molecule has 0 amide bonds. The quantitative estimate of drug-likeness (QED) is 0.782. The lowest BCUT2D eigenvalue weighted by Gasteiger charge is -2.11. The smallest absolute Gasteiger partial charge is 0.159 e. The van der Waals surface area contributed by atoms with E-state index in [4.69, 9.17) is 4.74 Å². The Morgan fingerprint density at radius 2 is 2.12 bits per heavy atom. The van der Waals surface area contributed by atoms with Gasteiger partial charge in [-0.3, -0.25) is 0 Å². The van der Waals surface area contributed by atoms with Crippen molar-refractivity contribution in [2.24, 2.45) is 5.92 Å². The van der Waals surface area contributed by atoms with Gasteiger partial charge in [0.05, 0.1) is 0 Å². The fraction of sp³-hybridized carbons (Fsp3) is 0.818. The molecule has 1 aromatic rings. The van der Waals surface area contributed by atoms with Crippen molar-refractivity contribution in [3.63, 3.8) is 0 Å². The Bertz CT molecular complexity index is 347. The Labute approximate surface area is 95.4 Å². The molecule has 1 heterocycles. The van der Waals surface area contributed by atoms with Crippen molar-refractivity contribution in [1.82, 2.24) is 14.8 Å². The monoisotopic (exact) mass is 225 g/mol. The van der Waals surface area contributed by atoms with Crippen LogP contribution in [0, 0.1) is 5.92 Å². The molecule has 2 rings (SSSR count). The second-order valence-corrected chi connectivity index (χ2v) is 4.56. The van der Waals surface area contributed by atoms with E-state index < -0.39 is 0 Å². The molecule has 0 spiro atoms. The van der Waals surface area contributed by atoms with E-state index in [1.807, 2.05) is 0 Å². The number of methoxy groups -OCH3 is 1. The molecular weight excluding hydrogens is 206 g/mol. The first-order chi connectivity index (χ1) is 7.76. The number of aliphatic hydroxyl groups excluding tert-OH is 1. The molecule has 90 valence electrons. The van der Waals surface area contributed by atoms with Crippen LogP contribution >= 0.6 is 0 Å². The van der Waals surface area contributed by atoms with Crippen molar-refractivity contribution >= 4 is 0 Å². The van der Waals surface area contributed by atoms with Crippen LogP contribution in [-0.2, 0) is 17.8 Å². The second-order valence-electron chi connectivity index (χ2n) is 4.56. The highest BCUT2D eigenvalue weighted by Gasteiger charge is 2.29. The number of aromatic nitrogens is 3. The molecule has 0 bridgehead atoms. The molecule has 0 saturated heterocycles. The normalized spacial score (nSPS) is 17.7. The first kappa shape index (κ1) is 11.5. The molecule has 0 aliphatic heterocycles. The molecule has 1 saturated carbocycles. The molecule has 5 heteroatoms. The SMILES string of the molecule is COCC(C)Cc1nnc(CO)n1C1CC1. The molecule has 1 aromatic heterocycles. The molecular formula is C11H19N3O2. The van der Waals surface area contributed by atoms with Crippen molar-refractivity contribution in [3.05, 3.63) is 11.6 Å². The number of nitrogens with zero attached hydrogens (tertiary/aromatic N) is 3. The van der Waals surface area contributed by atoms with E-state index in [0.29, 0.717) is 17.8 Å². The van der Waals surface area contributed by atoms with Gasteiger partial charge in [-0.25, -0.2) is 0 Å². The minimum atomic E-state index is -0.0256. The zero-order chi connectivity index (χ0) is 11.5. The van der Waals surface area contributed by atoms with Crippen LogP contribution in [0.15, 0.2) is 0 Å². The van der Waals surface area contributed by atoms with Gasteiger partial charge in [0, 0.05) is 26.2 Å². The highest BCUT2D eigenvalue weighted by atomic mass is 16.5. The maximum atomic E-state index is 9.20. The standard InChI is InChI=1S/C11H19N3O2/c1-8(7-16-2)5-10-12-13-11(6-15)14(10)9-3-4-9/h8-9,15H,3-7H2,1-2H3. The van der Waals surface area contributed by atoms with Gasteiger partial charge in [0.1, 0.15) is 12.4 Å². The highest BCUT2D eigenvalue weighted by Crippen LogP contribution is 2.36. The Balaban J connectivity index is 2.10. The third-order valence-electron chi connectivity index (χ3n) is 2.87. The number of hydrogen-bond acceptors (Lipinski definition) is 4. The molecule has 16 heavy (non-hydrogen) atoms. The molecule has 1 fully saturated rings. The van der Waals surface area contributed by atoms with Gasteiger partial charge >= 0.3 is 0 Å². The fourth-order valence-electron chi connectivity index (χ4n) is 2.02. The first-order valence-corrected chi connectivity index (χ1v) is 5.78. The average Bonchev–Trinajstić information content (AvgIpc) is 3.01. The number of ether oxygens (including phenoxy) is 1. The first-order valence-electron chi connectivity index (χ1n) is 5.78. The van der Waals surface area contributed by atoms with Crippen molar-refractivity contribution < 1.29 is 9.84 Å². The lowest BCUT2D eigenvalue weighted by molar-refractivity contribution is 0.158. The molecule has 5 nitrogen and oxygen atoms in total. The molecule has 1 atom stereocenters. The zero-order valence-corrected chi connectivity index (χ0v) is 9.89. The number of hydrogen-bond donors (Lipinski definition) is 1. The summed E-state index contributed by atoms with van der Waals surface area (Å²) in [6.45, 7) is 2.84. The van der Waals surface area contributed by atoms with Gasteiger partial charge in [-0.15, -0.1) is 10.2 Å². The third-order valence-corrected chi connectivity index (χ3v) is 2.87. The molecule has 1 N–H and O–H groups in total. The largest absolute Gasteiger partial charge is 0.388 e. The maximum absolute atomic E-state index is 9.20. The van der Waals surface area contributed by atoms with Gasteiger partial charge < -0.3 is 14.4 Å². The van der Waals surface area contributed by atoms with Crippen LogP contribution in [0.3, 0.4) is 0 Å². The number of rotatable bonds is 6.